The topological polar surface area (TPSA) is 0 Å². The van der Waals surface area contributed by atoms with Gasteiger partial charge >= 0.3 is 0 Å². The second-order valence-corrected chi connectivity index (χ2v) is 15.9. The summed E-state index contributed by atoms with van der Waals surface area (Å²) >= 11 is 0. The predicted molar refractivity (Wildman–Crippen MR) is 127 cm³/mol. The standard InChI is InChI=1S/C30H50/c1-24(2)19-10-13-27(7,22(24)16-19)29(9)15-12-21-18-30(29,26(21,5)6)28(8)14-11-20-17-23(28)25(20,3)4/h19-23H,10-18H2,1-9H3/t19-,20-,21-,22-,23+,27+,28-,29+,30+/m1/s1. The van der Waals surface area contributed by atoms with E-state index >= 15 is 0 Å². The third-order valence-electron chi connectivity index (χ3n) is 15.3. The number of fused-ring (bicyclic) bond motifs is 7. The van der Waals surface area contributed by atoms with Gasteiger partial charge in [-0.15, -0.1) is 0 Å². The minimum absolute atomic E-state index is 0.499. The summed E-state index contributed by atoms with van der Waals surface area (Å²) in [6.07, 6.45) is 13.7. The highest BCUT2D eigenvalue weighted by Gasteiger charge is 2.83. The summed E-state index contributed by atoms with van der Waals surface area (Å²) in [6, 6.07) is 0. The first kappa shape index (κ1) is 20.6. The molecule has 9 rings (SSSR count). The van der Waals surface area contributed by atoms with Crippen molar-refractivity contribution in [3.05, 3.63) is 0 Å². The van der Waals surface area contributed by atoms with Gasteiger partial charge in [0.25, 0.3) is 0 Å². The van der Waals surface area contributed by atoms with E-state index in [1.54, 1.807) is 6.42 Å². The lowest BCUT2D eigenvalue weighted by atomic mass is 9.17. The van der Waals surface area contributed by atoms with E-state index in [2.05, 4.69) is 62.3 Å². The van der Waals surface area contributed by atoms with Crippen LogP contribution in [0.5, 0.6) is 0 Å². The summed E-state index contributed by atoms with van der Waals surface area (Å²) in [5.41, 5.74) is 3.78. The maximum Gasteiger partial charge on any atom is -0.0125 e. The maximum absolute atomic E-state index is 2.86. The zero-order valence-corrected chi connectivity index (χ0v) is 21.8. The summed E-state index contributed by atoms with van der Waals surface area (Å²) in [6.45, 7) is 24.5. The Bertz CT molecular complexity index is 782. The van der Waals surface area contributed by atoms with Crippen LogP contribution in [0.2, 0.25) is 0 Å². The molecule has 9 fully saturated rings. The van der Waals surface area contributed by atoms with Gasteiger partial charge in [0.1, 0.15) is 0 Å². The average Bonchev–Trinajstić information content (AvgIpc) is 2.66. The van der Waals surface area contributed by atoms with Crippen molar-refractivity contribution in [3.8, 4) is 0 Å². The summed E-state index contributed by atoms with van der Waals surface area (Å²) in [5, 5.41) is 0. The van der Waals surface area contributed by atoms with Gasteiger partial charge in [-0.25, -0.2) is 0 Å². The van der Waals surface area contributed by atoms with E-state index in [0.29, 0.717) is 37.9 Å². The minimum Gasteiger partial charge on any atom is -0.0594 e. The van der Waals surface area contributed by atoms with E-state index < -0.39 is 0 Å². The van der Waals surface area contributed by atoms with Gasteiger partial charge in [0.15, 0.2) is 0 Å². The molecule has 6 bridgehead atoms. The van der Waals surface area contributed by atoms with Crippen LogP contribution in [0.15, 0.2) is 0 Å². The molecule has 0 heterocycles. The Balaban J connectivity index is 1.53. The summed E-state index contributed by atoms with van der Waals surface area (Å²) < 4.78 is 0. The van der Waals surface area contributed by atoms with Crippen molar-refractivity contribution >= 4 is 0 Å². The molecule has 0 unspecified atom stereocenters. The van der Waals surface area contributed by atoms with Crippen molar-refractivity contribution in [2.24, 2.45) is 67.5 Å². The van der Waals surface area contributed by atoms with Gasteiger partial charge in [-0.3, -0.25) is 0 Å². The predicted octanol–water partition coefficient (Wildman–Crippen LogP) is 8.74. The average molecular weight is 411 g/mol. The Morgan fingerprint density at radius 2 is 1.00 bits per heavy atom. The van der Waals surface area contributed by atoms with Gasteiger partial charge in [0.05, 0.1) is 0 Å². The van der Waals surface area contributed by atoms with Crippen LogP contribution in [-0.2, 0) is 0 Å². The second kappa shape index (κ2) is 5.22. The smallest absolute Gasteiger partial charge is 0.0125 e. The van der Waals surface area contributed by atoms with Crippen molar-refractivity contribution in [2.45, 2.75) is 120 Å². The van der Waals surface area contributed by atoms with Gasteiger partial charge in [0.2, 0.25) is 0 Å². The zero-order chi connectivity index (χ0) is 21.8. The maximum atomic E-state index is 2.86. The van der Waals surface area contributed by atoms with Crippen LogP contribution in [0, 0.1) is 67.5 Å². The second-order valence-electron chi connectivity index (χ2n) is 15.9. The lowest BCUT2D eigenvalue weighted by molar-refractivity contribution is -0.387. The third kappa shape index (κ3) is 1.72. The van der Waals surface area contributed by atoms with E-state index in [1.165, 1.54) is 51.4 Å². The fourth-order valence-corrected chi connectivity index (χ4v) is 13.2. The molecule has 0 radical (unpaired) electrons. The fraction of sp³-hybridized carbons (Fsp3) is 1.00. The van der Waals surface area contributed by atoms with Crippen molar-refractivity contribution < 1.29 is 0 Å². The lowest BCUT2D eigenvalue weighted by Gasteiger charge is -2.87. The Kier molecular flexibility index (Phi) is 3.58. The van der Waals surface area contributed by atoms with Gasteiger partial charge in [0, 0.05) is 0 Å². The van der Waals surface area contributed by atoms with Crippen LogP contribution >= 0.6 is 0 Å². The van der Waals surface area contributed by atoms with E-state index in [-0.39, 0.29) is 0 Å². The summed E-state index contributed by atoms with van der Waals surface area (Å²) in [4.78, 5) is 0. The van der Waals surface area contributed by atoms with Crippen molar-refractivity contribution in [1.82, 2.24) is 0 Å². The van der Waals surface area contributed by atoms with E-state index in [9.17, 15) is 0 Å². The van der Waals surface area contributed by atoms with Gasteiger partial charge in [-0.1, -0.05) is 62.3 Å². The first-order chi connectivity index (χ1) is 13.7. The van der Waals surface area contributed by atoms with Crippen LogP contribution in [0.1, 0.15) is 120 Å². The number of hydrogen-bond donors (Lipinski definition) is 0. The van der Waals surface area contributed by atoms with Crippen molar-refractivity contribution in [1.29, 1.82) is 0 Å². The molecule has 0 aromatic rings. The summed E-state index contributed by atoms with van der Waals surface area (Å²) in [7, 11) is 0. The number of rotatable bonds is 2. The normalized spacial score (nSPS) is 61.3. The Hall–Kier alpha value is 0. The molecule has 9 atom stereocenters. The highest BCUT2D eigenvalue weighted by Crippen LogP contribution is 2.89. The Morgan fingerprint density at radius 3 is 1.47 bits per heavy atom. The molecule has 9 saturated carbocycles. The van der Waals surface area contributed by atoms with E-state index in [0.717, 1.165) is 29.6 Å². The van der Waals surface area contributed by atoms with E-state index in [1.807, 2.05) is 0 Å². The Labute approximate surface area is 187 Å². The first-order valence-corrected chi connectivity index (χ1v) is 13.7. The summed E-state index contributed by atoms with van der Waals surface area (Å²) in [5.74, 6) is 4.91. The molecule has 0 aliphatic heterocycles. The highest BCUT2D eigenvalue weighted by molar-refractivity contribution is 5.31. The molecule has 9 aliphatic rings. The Morgan fingerprint density at radius 1 is 0.533 bits per heavy atom. The third-order valence-corrected chi connectivity index (χ3v) is 15.3. The van der Waals surface area contributed by atoms with Crippen LogP contribution in [0.25, 0.3) is 0 Å². The zero-order valence-electron chi connectivity index (χ0n) is 21.8. The molecule has 0 spiro atoms. The quantitative estimate of drug-likeness (QED) is 0.427. The van der Waals surface area contributed by atoms with Gasteiger partial charge < -0.3 is 0 Å². The van der Waals surface area contributed by atoms with Gasteiger partial charge in [-0.2, -0.15) is 0 Å². The lowest BCUT2D eigenvalue weighted by Crippen LogP contribution is -2.80. The fourth-order valence-electron chi connectivity index (χ4n) is 13.2. The molecule has 0 saturated heterocycles. The molecule has 0 aromatic carbocycles. The number of hydrogen-bond acceptors (Lipinski definition) is 0. The monoisotopic (exact) mass is 410 g/mol. The molecular weight excluding hydrogens is 360 g/mol. The molecule has 0 N–H and O–H groups in total. The van der Waals surface area contributed by atoms with Crippen LogP contribution in [0.3, 0.4) is 0 Å². The van der Waals surface area contributed by atoms with Crippen LogP contribution < -0.4 is 0 Å². The first-order valence-electron chi connectivity index (χ1n) is 13.7. The van der Waals surface area contributed by atoms with Crippen molar-refractivity contribution in [3.63, 3.8) is 0 Å². The molecule has 0 heteroatoms. The minimum atomic E-state index is 0.499. The molecule has 0 nitrogen and oxygen atoms in total. The molecular formula is C30H50. The largest absolute Gasteiger partial charge is 0.0594 e. The SMILES string of the molecule is CC1(C)[C@@H]2CC[C@](C)([C@]3(C)CC[C@@H]4C[C@@]3([C@]3(C)CC[C@@H]5C[C@H]3C5(C)C)C4(C)C)[C@@H]1C2. The molecule has 30 heavy (non-hydrogen) atoms. The molecule has 0 amide bonds. The van der Waals surface area contributed by atoms with Crippen LogP contribution in [0.4, 0.5) is 0 Å². The van der Waals surface area contributed by atoms with Crippen molar-refractivity contribution in [2.75, 3.05) is 0 Å². The van der Waals surface area contributed by atoms with E-state index in [4.69, 9.17) is 0 Å². The molecule has 0 aromatic heterocycles. The molecule has 9 aliphatic carbocycles. The van der Waals surface area contributed by atoms with Gasteiger partial charge in [-0.05, 0) is 125 Å². The molecule has 170 valence electrons. The highest BCUT2D eigenvalue weighted by atomic mass is 14.9. The van der Waals surface area contributed by atoms with Crippen LogP contribution in [-0.4, -0.2) is 0 Å².